The molecule has 1 fully saturated rings. The first-order valence-electron chi connectivity index (χ1n) is 5.54. The Morgan fingerprint density at radius 2 is 2.25 bits per heavy atom. The van der Waals surface area contributed by atoms with E-state index in [1.165, 1.54) is 25.9 Å². The molecule has 0 aliphatic carbocycles. The van der Waals surface area contributed by atoms with E-state index in [0.29, 0.717) is 16.5 Å². The van der Waals surface area contributed by atoms with Crippen LogP contribution in [0.3, 0.4) is 0 Å². The summed E-state index contributed by atoms with van der Waals surface area (Å²) in [5.41, 5.74) is 0. The van der Waals surface area contributed by atoms with E-state index in [1.54, 1.807) is 12.3 Å². The van der Waals surface area contributed by atoms with Crippen molar-refractivity contribution in [3.63, 3.8) is 0 Å². The highest BCUT2D eigenvalue weighted by molar-refractivity contribution is 9.10. The standard InChI is InChI=1S/C11H16BrN3O/c1-15-6-3-9(4-7-15)8-16-10-2-5-13-11(12)14-10/h2,5,9H,3-4,6-8H2,1H3. The Morgan fingerprint density at radius 3 is 2.94 bits per heavy atom. The number of hydrogen-bond donors (Lipinski definition) is 0. The molecule has 2 rings (SSSR count). The van der Waals surface area contributed by atoms with Gasteiger partial charge >= 0.3 is 0 Å². The molecule has 1 aromatic rings. The van der Waals surface area contributed by atoms with Crippen LogP contribution in [0.4, 0.5) is 0 Å². The van der Waals surface area contributed by atoms with Crippen molar-refractivity contribution in [2.24, 2.45) is 5.92 Å². The van der Waals surface area contributed by atoms with Crippen LogP contribution in [-0.4, -0.2) is 41.6 Å². The van der Waals surface area contributed by atoms with Gasteiger partial charge in [-0.05, 0) is 54.8 Å². The minimum Gasteiger partial charge on any atom is -0.477 e. The molecule has 1 aliphatic rings. The molecule has 0 unspecified atom stereocenters. The molecule has 0 saturated carbocycles. The Balaban J connectivity index is 1.79. The van der Waals surface area contributed by atoms with Crippen molar-refractivity contribution < 1.29 is 4.74 Å². The summed E-state index contributed by atoms with van der Waals surface area (Å²) >= 11 is 3.23. The van der Waals surface area contributed by atoms with E-state index in [0.717, 1.165) is 6.61 Å². The molecule has 0 spiro atoms. The Bertz CT molecular complexity index is 340. The summed E-state index contributed by atoms with van der Waals surface area (Å²) < 4.78 is 6.24. The summed E-state index contributed by atoms with van der Waals surface area (Å²) in [7, 11) is 2.17. The van der Waals surface area contributed by atoms with Crippen LogP contribution < -0.4 is 4.74 Å². The predicted octanol–water partition coefficient (Wildman–Crippen LogP) is 1.96. The predicted molar refractivity (Wildman–Crippen MR) is 65.4 cm³/mol. The number of likely N-dealkylation sites (tertiary alicyclic amines) is 1. The molecule has 2 heterocycles. The van der Waals surface area contributed by atoms with Crippen LogP contribution in [0.2, 0.25) is 0 Å². The number of ether oxygens (including phenoxy) is 1. The summed E-state index contributed by atoms with van der Waals surface area (Å²) in [6, 6.07) is 1.79. The Kier molecular flexibility index (Phi) is 4.12. The number of halogens is 1. The van der Waals surface area contributed by atoms with E-state index < -0.39 is 0 Å². The second kappa shape index (κ2) is 5.59. The summed E-state index contributed by atoms with van der Waals surface area (Å²) in [6.07, 6.45) is 4.12. The second-order valence-electron chi connectivity index (χ2n) is 4.22. The molecule has 1 saturated heterocycles. The van der Waals surface area contributed by atoms with Crippen LogP contribution in [-0.2, 0) is 0 Å². The lowest BCUT2D eigenvalue weighted by atomic mass is 9.98. The van der Waals surface area contributed by atoms with Crippen molar-refractivity contribution in [1.29, 1.82) is 0 Å². The van der Waals surface area contributed by atoms with Gasteiger partial charge in [0.05, 0.1) is 6.61 Å². The van der Waals surface area contributed by atoms with Crippen molar-refractivity contribution in [2.45, 2.75) is 12.8 Å². The molecule has 0 radical (unpaired) electrons. The number of rotatable bonds is 3. The quantitative estimate of drug-likeness (QED) is 0.796. The molecule has 1 aliphatic heterocycles. The first-order chi connectivity index (χ1) is 7.74. The Hall–Kier alpha value is -0.680. The molecule has 0 aromatic carbocycles. The van der Waals surface area contributed by atoms with E-state index in [-0.39, 0.29) is 0 Å². The van der Waals surface area contributed by atoms with Gasteiger partial charge in [-0.3, -0.25) is 0 Å². The van der Waals surface area contributed by atoms with Gasteiger partial charge in [-0.25, -0.2) is 4.98 Å². The molecule has 0 atom stereocenters. The average Bonchev–Trinajstić information content (AvgIpc) is 2.28. The number of aromatic nitrogens is 2. The van der Waals surface area contributed by atoms with E-state index in [2.05, 4.69) is 37.8 Å². The number of piperidine rings is 1. The molecule has 0 N–H and O–H groups in total. The van der Waals surface area contributed by atoms with Crippen LogP contribution in [0, 0.1) is 5.92 Å². The lowest BCUT2D eigenvalue weighted by molar-refractivity contribution is 0.157. The third kappa shape index (κ3) is 3.42. The molecular weight excluding hydrogens is 270 g/mol. The maximum Gasteiger partial charge on any atom is 0.217 e. The first kappa shape index (κ1) is 11.8. The fourth-order valence-electron chi connectivity index (χ4n) is 1.83. The maximum absolute atomic E-state index is 5.66. The van der Waals surface area contributed by atoms with Gasteiger partial charge in [0.25, 0.3) is 0 Å². The van der Waals surface area contributed by atoms with Crippen LogP contribution in [0.15, 0.2) is 17.0 Å². The highest BCUT2D eigenvalue weighted by Gasteiger charge is 2.17. The van der Waals surface area contributed by atoms with Gasteiger partial charge in [0, 0.05) is 12.3 Å². The van der Waals surface area contributed by atoms with Gasteiger partial charge in [-0.1, -0.05) is 0 Å². The first-order valence-corrected chi connectivity index (χ1v) is 6.33. The van der Waals surface area contributed by atoms with Gasteiger partial charge < -0.3 is 9.64 Å². The lowest BCUT2D eigenvalue weighted by Gasteiger charge is -2.28. The summed E-state index contributed by atoms with van der Waals surface area (Å²) in [4.78, 5) is 10.5. The summed E-state index contributed by atoms with van der Waals surface area (Å²) in [6.45, 7) is 3.10. The summed E-state index contributed by atoms with van der Waals surface area (Å²) in [5.74, 6) is 1.31. The van der Waals surface area contributed by atoms with Gasteiger partial charge in [0.2, 0.25) is 5.88 Å². The van der Waals surface area contributed by atoms with Crippen molar-refractivity contribution in [3.05, 3.63) is 17.0 Å². The molecule has 0 bridgehead atoms. The third-order valence-corrected chi connectivity index (χ3v) is 3.29. The minimum atomic E-state index is 0.577. The zero-order valence-corrected chi connectivity index (χ0v) is 11.0. The third-order valence-electron chi connectivity index (χ3n) is 2.91. The number of nitrogens with zero attached hydrogens (tertiary/aromatic N) is 3. The Morgan fingerprint density at radius 1 is 1.50 bits per heavy atom. The lowest BCUT2D eigenvalue weighted by Crippen LogP contribution is -2.32. The van der Waals surface area contributed by atoms with E-state index >= 15 is 0 Å². The van der Waals surface area contributed by atoms with Crippen LogP contribution in [0.1, 0.15) is 12.8 Å². The van der Waals surface area contributed by atoms with Gasteiger partial charge in [-0.2, -0.15) is 4.98 Å². The van der Waals surface area contributed by atoms with Crippen molar-refractivity contribution in [1.82, 2.24) is 14.9 Å². The average molecular weight is 286 g/mol. The number of hydrogen-bond acceptors (Lipinski definition) is 4. The molecule has 0 amide bonds. The van der Waals surface area contributed by atoms with Crippen molar-refractivity contribution in [3.8, 4) is 5.88 Å². The summed E-state index contributed by atoms with van der Waals surface area (Å²) in [5, 5.41) is 0. The molecule has 16 heavy (non-hydrogen) atoms. The fourth-order valence-corrected chi connectivity index (χ4v) is 2.12. The highest BCUT2D eigenvalue weighted by Crippen LogP contribution is 2.17. The molecule has 1 aromatic heterocycles. The van der Waals surface area contributed by atoms with Crippen LogP contribution in [0.25, 0.3) is 0 Å². The largest absolute Gasteiger partial charge is 0.477 e. The smallest absolute Gasteiger partial charge is 0.217 e. The molecular formula is C11H16BrN3O. The SMILES string of the molecule is CN1CCC(COc2ccnc(Br)n2)CC1. The zero-order valence-electron chi connectivity index (χ0n) is 9.40. The van der Waals surface area contributed by atoms with E-state index in [9.17, 15) is 0 Å². The molecule has 5 heteroatoms. The van der Waals surface area contributed by atoms with Crippen LogP contribution in [0.5, 0.6) is 5.88 Å². The Labute approximate surface area is 104 Å². The fraction of sp³-hybridized carbons (Fsp3) is 0.636. The second-order valence-corrected chi connectivity index (χ2v) is 4.93. The minimum absolute atomic E-state index is 0.577. The molecule has 4 nitrogen and oxygen atoms in total. The van der Waals surface area contributed by atoms with Gasteiger partial charge in [0.1, 0.15) is 0 Å². The van der Waals surface area contributed by atoms with Gasteiger partial charge in [-0.15, -0.1) is 0 Å². The monoisotopic (exact) mass is 285 g/mol. The van der Waals surface area contributed by atoms with Crippen LogP contribution >= 0.6 is 15.9 Å². The van der Waals surface area contributed by atoms with Crippen molar-refractivity contribution >= 4 is 15.9 Å². The van der Waals surface area contributed by atoms with E-state index in [4.69, 9.17) is 4.74 Å². The topological polar surface area (TPSA) is 38.2 Å². The molecule has 88 valence electrons. The van der Waals surface area contributed by atoms with Gasteiger partial charge in [0.15, 0.2) is 4.73 Å². The highest BCUT2D eigenvalue weighted by atomic mass is 79.9. The van der Waals surface area contributed by atoms with Crippen molar-refractivity contribution in [2.75, 3.05) is 26.7 Å². The van der Waals surface area contributed by atoms with E-state index in [1.807, 2.05) is 0 Å². The maximum atomic E-state index is 5.66. The zero-order chi connectivity index (χ0) is 11.4. The normalized spacial score (nSPS) is 18.6.